The number of nitrogens with zero attached hydrogens (tertiary/aromatic N) is 4. The van der Waals surface area contributed by atoms with E-state index in [1.54, 1.807) is 10.9 Å². The van der Waals surface area contributed by atoms with Crippen LogP contribution in [-0.2, 0) is 13.5 Å². The molecule has 5 rings (SSSR count). The molecule has 1 aromatic carbocycles. The Balaban J connectivity index is 1.63. The number of aromatic nitrogens is 5. The second-order valence-corrected chi connectivity index (χ2v) is 7.31. The van der Waals surface area contributed by atoms with Crippen molar-refractivity contribution in [1.82, 2.24) is 24.7 Å². The van der Waals surface area contributed by atoms with E-state index >= 15 is 0 Å². The molecule has 0 bridgehead atoms. The number of aryl methyl sites for hydroxylation is 2. The number of pyridine rings is 1. The zero-order chi connectivity index (χ0) is 18.4. The second kappa shape index (κ2) is 6.32. The standard InChI is InChI=1S/C21H22N6/c1-27-12-15(11-24-27)20-25-19-17(8-9-23-21(19)26-20)14-6-7-16-13(10-14)4-2-3-5-18(16)22/h6-12,18H,2-5,22H2,1H3,(H,23,25,26)/t18-/m1/s1. The number of aromatic amines is 1. The highest BCUT2D eigenvalue weighted by Crippen LogP contribution is 2.33. The third-order valence-corrected chi connectivity index (χ3v) is 5.44. The Morgan fingerprint density at radius 3 is 2.96 bits per heavy atom. The van der Waals surface area contributed by atoms with Gasteiger partial charge in [0.15, 0.2) is 5.65 Å². The van der Waals surface area contributed by atoms with Gasteiger partial charge in [-0.1, -0.05) is 24.6 Å². The molecule has 4 aromatic rings. The first-order chi connectivity index (χ1) is 13.2. The minimum absolute atomic E-state index is 0.151. The maximum atomic E-state index is 6.36. The summed E-state index contributed by atoms with van der Waals surface area (Å²) >= 11 is 0. The van der Waals surface area contributed by atoms with Crippen LogP contribution in [0.2, 0.25) is 0 Å². The number of rotatable bonds is 2. The van der Waals surface area contributed by atoms with Crippen LogP contribution >= 0.6 is 0 Å². The lowest BCUT2D eigenvalue weighted by Gasteiger charge is -2.14. The summed E-state index contributed by atoms with van der Waals surface area (Å²) in [4.78, 5) is 12.5. The van der Waals surface area contributed by atoms with Crippen molar-refractivity contribution in [2.75, 3.05) is 0 Å². The highest BCUT2D eigenvalue weighted by Gasteiger charge is 2.17. The fourth-order valence-electron chi connectivity index (χ4n) is 4.02. The van der Waals surface area contributed by atoms with Crippen LogP contribution in [0.1, 0.15) is 36.4 Å². The SMILES string of the molecule is Cn1cc(-c2nc3nccc(-c4ccc5c(c4)CCCC[C@H]5N)c3[nH]2)cn1. The molecule has 0 saturated carbocycles. The van der Waals surface area contributed by atoms with E-state index in [9.17, 15) is 0 Å². The molecule has 1 aliphatic rings. The lowest BCUT2D eigenvalue weighted by Crippen LogP contribution is -2.10. The minimum atomic E-state index is 0.151. The summed E-state index contributed by atoms with van der Waals surface area (Å²) in [6.45, 7) is 0. The number of nitrogens with two attached hydrogens (primary N) is 1. The Hall–Kier alpha value is -2.99. The summed E-state index contributed by atoms with van der Waals surface area (Å²) in [5.41, 5.74) is 13.9. The van der Waals surface area contributed by atoms with Gasteiger partial charge in [-0.15, -0.1) is 0 Å². The lowest BCUT2D eigenvalue weighted by molar-refractivity contribution is 0.615. The van der Waals surface area contributed by atoms with Gasteiger partial charge in [-0.3, -0.25) is 4.68 Å². The van der Waals surface area contributed by atoms with E-state index in [1.165, 1.54) is 29.5 Å². The summed E-state index contributed by atoms with van der Waals surface area (Å²) in [5, 5.41) is 4.23. The first-order valence-corrected chi connectivity index (χ1v) is 9.41. The second-order valence-electron chi connectivity index (χ2n) is 7.31. The van der Waals surface area contributed by atoms with Crippen LogP contribution in [0.3, 0.4) is 0 Å². The van der Waals surface area contributed by atoms with Crippen LogP contribution in [0.5, 0.6) is 0 Å². The number of H-pyrrole nitrogens is 1. The Kier molecular flexibility index (Phi) is 3.79. The van der Waals surface area contributed by atoms with E-state index < -0.39 is 0 Å². The van der Waals surface area contributed by atoms with Gasteiger partial charge in [-0.25, -0.2) is 9.97 Å². The molecule has 0 spiro atoms. The van der Waals surface area contributed by atoms with E-state index in [0.717, 1.165) is 41.0 Å². The van der Waals surface area contributed by atoms with Crippen molar-refractivity contribution in [3.63, 3.8) is 0 Å². The van der Waals surface area contributed by atoms with E-state index in [4.69, 9.17) is 5.73 Å². The Bertz CT molecular complexity index is 1120. The highest BCUT2D eigenvalue weighted by molar-refractivity contribution is 5.91. The summed E-state index contributed by atoms with van der Waals surface area (Å²) in [6, 6.07) is 8.86. The molecular weight excluding hydrogens is 336 g/mol. The van der Waals surface area contributed by atoms with Crippen molar-refractivity contribution in [3.8, 4) is 22.5 Å². The maximum Gasteiger partial charge on any atom is 0.178 e. The first kappa shape index (κ1) is 16.2. The molecule has 0 unspecified atom stereocenters. The number of hydrogen-bond donors (Lipinski definition) is 2. The normalized spacial score (nSPS) is 17.0. The number of nitrogens with one attached hydrogen (secondary N) is 1. The molecule has 3 aromatic heterocycles. The topological polar surface area (TPSA) is 85.4 Å². The van der Waals surface area contributed by atoms with Crippen molar-refractivity contribution in [1.29, 1.82) is 0 Å². The molecule has 3 heterocycles. The van der Waals surface area contributed by atoms with Crippen LogP contribution in [0.25, 0.3) is 33.7 Å². The van der Waals surface area contributed by atoms with Crippen molar-refractivity contribution < 1.29 is 0 Å². The van der Waals surface area contributed by atoms with Crippen LogP contribution in [0.4, 0.5) is 0 Å². The molecule has 6 nitrogen and oxygen atoms in total. The maximum absolute atomic E-state index is 6.36. The van der Waals surface area contributed by atoms with Crippen molar-refractivity contribution in [2.24, 2.45) is 12.8 Å². The van der Waals surface area contributed by atoms with Gasteiger partial charge >= 0.3 is 0 Å². The smallest absolute Gasteiger partial charge is 0.178 e. The summed E-state index contributed by atoms with van der Waals surface area (Å²) < 4.78 is 1.77. The van der Waals surface area contributed by atoms with Gasteiger partial charge in [-0.05, 0) is 42.0 Å². The average Bonchev–Trinajstić information content (AvgIpc) is 3.26. The molecular formula is C21H22N6. The molecule has 1 atom stereocenters. The fourth-order valence-corrected chi connectivity index (χ4v) is 4.02. The van der Waals surface area contributed by atoms with Crippen LogP contribution in [0, 0.1) is 0 Å². The largest absolute Gasteiger partial charge is 0.336 e. The molecule has 1 aliphatic carbocycles. The highest BCUT2D eigenvalue weighted by atomic mass is 15.2. The lowest BCUT2D eigenvalue weighted by atomic mass is 9.94. The van der Waals surface area contributed by atoms with Gasteiger partial charge in [0.25, 0.3) is 0 Å². The molecule has 0 amide bonds. The van der Waals surface area contributed by atoms with Gasteiger partial charge in [0.1, 0.15) is 5.82 Å². The molecule has 0 aliphatic heterocycles. The predicted molar refractivity (Wildman–Crippen MR) is 106 cm³/mol. The van der Waals surface area contributed by atoms with Crippen molar-refractivity contribution in [2.45, 2.75) is 31.7 Å². The third kappa shape index (κ3) is 2.82. The molecule has 136 valence electrons. The van der Waals surface area contributed by atoms with E-state index in [1.807, 2.05) is 25.5 Å². The first-order valence-electron chi connectivity index (χ1n) is 9.41. The monoisotopic (exact) mass is 358 g/mol. The van der Waals surface area contributed by atoms with Gasteiger partial charge < -0.3 is 10.7 Å². The molecule has 6 heteroatoms. The molecule has 0 fully saturated rings. The van der Waals surface area contributed by atoms with Crippen molar-refractivity contribution in [3.05, 3.63) is 54.0 Å². The zero-order valence-electron chi connectivity index (χ0n) is 15.3. The Labute approximate surface area is 157 Å². The quantitative estimate of drug-likeness (QED) is 0.534. The molecule has 3 N–H and O–H groups in total. The summed E-state index contributed by atoms with van der Waals surface area (Å²) in [7, 11) is 1.90. The van der Waals surface area contributed by atoms with Crippen LogP contribution in [-0.4, -0.2) is 24.7 Å². The van der Waals surface area contributed by atoms with Crippen LogP contribution in [0.15, 0.2) is 42.9 Å². The molecule has 0 saturated heterocycles. The third-order valence-electron chi connectivity index (χ3n) is 5.44. The van der Waals surface area contributed by atoms with E-state index in [-0.39, 0.29) is 6.04 Å². The van der Waals surface area contributed by atoms with Crippen LogP contribution < -0.4 is 5.73 Å². The van der Waals surface area contributed by atoms with Gasteiger partial charge in [-0.2, -0.15) is 5.10 Å². The fraction of sp³-hybridized carbons (Fsp3) is 0.286. The number of hydrogen-bond acceptors (Lipinski definition) is 4. The Morgan fingerprint density at radius 2 is 2.11 bits per heavy atom. The number of fused-ring (bicyclic) bond motifs is 2. The number of imidazole rings is 1. The number of benzene rings is 1. The van der Waals surface area contributed by atoms with E-state index in [2.05, 4.69) is 38.2 Å². The summed E-state index contributed by atoms with van der Waals surface area (Å²) in [5.74, 6) is 0.787. The Morgan fingerprint density at radius 1 is 1.19 bits per heavy atom. The van der Waals surface area contributed by atoms with Gasteiger partial charge in [0.05, 0.1) is 17.3 Å². The van der Waals surface area contributed by atoms with Gasteiger partial charge in [0.2, 0.25) is 0 Å². The molecule has 27 heavy (non-hydrogen) atoms. The average molecular weight is 358 g/mol. The zero-order valence-corrected chi connectivity index (χ0v) is 15.3. The summed E-state index contributed by atoms with van der Waals surface area (Å²) in [6.07, 6.45) is 10.1. The van der Waals surface area contributed by atoms with Gasteiger partial charge in [0, 0.05) is 31.0 Å². The van der Waals surface area contributed by atoms with E-state index in [0.29, 0.717) is 0 Å². The molecule has 0 radical (unpaired) electrons. The minimum Gasteiger partial charge on any atom is -0.336 e. The predicted octanol–water partition coefficient (Wildman–Crippen LogP) is 3.75. The van der Waals surface area contributed by atoms with Crippen molar-refractivity contribution >= 4 is 11.2 Å².